The predicted molar refractivity (Wildman–Crippen MR) is 64.3 cm³/mol. The van der Waals surface area contributed by atoms with Gasteiger partial charge < -0.3 is 4.74 Å². The molecular formula is C11H15IO. The molecule has 0 N–H and O–H groups in total. The highest BCUT2D eigenvalue weighted by Crippen LogP contribution is 2.25. The van der Waals surface area contributed by atoms with Gasteiger partial charge in [-0.2, -0.15) is 0 Å². The highest BCUT2D eigenvalue weighted by atomic mass is 127. The maximum absolute atomic E-state index is 5.32. The van der Waals surface area contributed by atoms with Crippen LogP contribution in [0.25, 0.3) is 0 Å². The fourth-order valence-corrected chi connectivity index (χ4v) is 2.07. The van der Waals surface area contributed by atoms with Crippen LogP contribution in [0, 0.1) is 3.57 Å². The van der Waals surface area contributed by atoms with E-state index in [0.717, 1.165) is 12.2 Å². The summed E-state index contributed by atoms with van der Waals surface area (Å²) in [6, 6.07) is 6.21. The Balaban J connectivity index is 2.87. The zero-order valence-electron chi connectivity index (χ0n) is 8.14. The number of ether oxygens (including phenoxy) is 1. The van der Waals surface area contributed by atoms with Gasteiger partial charge in [0, 0.05) is 9.13 Å². The van der Waals surface area contributed by atoms with Crippen LogP contribution in [0.2, 0.25) is 0 Å². The molecule has 0 fully saturated rings. The van der Waals surface area contributed by atoms with Crippen molar-refractivity contribution in [1.82, 2.24) is 0 Å². The van der Waals surface area contributed by atoms with Crippen LogP contribution in [0.3, 0.4) is 0 Å². The Hall–Kier alpha value is -0.250. The maximum Gasteiger partial charge on any atom is 0.123 e. The first-order chi connectivity index (χ1) is 6.29. The normalized spacial score (nSPS) is 10.1. The molecule has 0 aromatic heterocycles. The Morgan fingerprint density at radius 1 is 1.38 bits per heavy atom. The van der Waals surface area contributed by atoms with Gasteiger partial charge in [-0.05, 0) is 47.6 Å². The summed E-state index contributed by atoms with van der Waals surface area (Å²) >= 11 is 2.37. The van der Waals surface area contributed by atoms with Crippen molar-refractivity contribution in [1.29, 1.82) is 0 Å². The zero-order valence-corrected chi connectivity index (χ0v) is 10.3. The maximum atomic E-state index is 5.32. The van der Waals surface area contributed by atoms with Crippen LogP contribution in [0.15, 0.2) is 18.2 Å². The lowest BCUT2D eigenvalue weighted by Gasteiger charge is -2.09. The Morgan fingerprint density at radius 2 is 2.15 bits per heavy atom. The molecule has 0 aliphatic carbocycles. The van der Waals surface area contributed by atoms with Crippen LogP contribution < -0.4 is 4.74 Å². The van der Waals surface area contributed by atoms with Crippen LogP contribution in [0.5, 0.6) is 5.75 Å². The zero-order chi connectivity index (χ0) is 9.68. The Kier molecular flexibility index (Phi) is 4.56. The molecule has 0 aliphatic rings. The Labute approximate surface area is 93.6 Å². The van der Waals surface area contributed by atoms with Gasteiger partial charge in [0.15, 0.2) is 0 Å². The van der Waals surface area contributed by atoms with Crippen molar-refractivity contribution in [3.05, 3.63) is 27.3 Å². The quantitative estimate of drug-likeness (QED) is 0.769. The molecule has 0 saturated heterocycles. The first-order valence-corrected chi connectivity index (χ1v) is 5.68. The molecule has 0 aliphatic heterocycles. The van der Waals surface area contributed by atoms with Gasteiger partial charge in [-0.15, -0.1) is 0 Å². The summed E-state index contributed by atoms with van der Waals surface area (Å²) in [6.45, 7) is 2.21. The third-order valence-corrected chi connectivity index (χ3v) is 3.09. The minimum atomic E-state index is 1.03. The molecule has 1 nitrogen and oxygen atoms in total. The second kappa shape index (κ2) is 5.47. The van der Waals surface area contributed by atoms with E-state index in [9.17, 15) is 0 Å². The standard InChI is InChI=1S/C11H15IO/c1-3-4-6-9-10(12)7-5-8-11(9)13-2/h5,7-8H,3-4,6H2,1-2H3. The molecule has 72 valence electrons. The van der Waals surface area contributed by atoms with Crippen molar-refractivity contribution < 1.29 is 4.74 Å². The second-order valence-electron chi connectivity index (χ2n) is 3.02. The van der Waals surface area contributed by atoms with Gasteiger partial charge in [-0.25, -0.2) is 0 Å². The van der Waals surface area contributed by atoms with Crippen LogP contribution in [0.4, 0.5) is 0 Å². The number of methoxy groups -OCH3 is 1. The first kappa shape index (κ1) is 10.8. The summed E-state index contributed by atoms with van der Waals surface area (Å²) in [7, 11) is 1.74. The third kappa shape index (κ3) is 2.86. The molecule has 13 heavy (non-hydrogen) atoms. The van der Waals surface area contributed by atoms with E-state index < -0.39 is 0 Å². The average Bonchev–Trinajstić information content (AvgIpc) is 2.15. The van der Waals surface area contributed by atoms with Gasteiger partial charge in [-0.3, -0.25) is 0 Å². The summed E-state index contributed by atoms with van der Waals surface area (Å²) in [5, 5.41) is 0. The monoisotopic (exact) mass is 290 g/mol. The number of hydrogen-bond donors (Lipinski definition) is 0. The van der Waals surface area contributed by atoms with Crippen molar-refractivity contribution in [2.45, 2.75) is 26.2 Å². The van der Waals surface area contributed by atoms with E-state index >= 15 is 0 Å². The van der Waals surface area contributed by atoms with E-state index in [1.165, 1.54) is 22.0 Å². The highest BCUT2D eigenvalue weighted by Gasteiger charge is 2.05. The lowest BCUT2D eigenvalue weighted by atomic mass is 10.1. The van der Waals surface area contributed by atoms with Crippen molar-refractivity contribution >= 4 is 22.6 Å². The van der Waals surface area contributed by atoms with Crippen LogP contribution in [0.1, 0.15) is 25.3 Å². The number of rotatable bonds is 4. The van der Waals surface area contributed by atoms with Crippen molar-refractivity contribution in [3.8, 4) is 5.75 Å². The van der Waals surface area contributed by atoms with Crippen LogP contribution in [-0.2, 0) is 6.42 Å². The van der Waals surface area contributed by atoms with Gasteiger partial charge in [0.25, 0.3) is 0 Å². The van der Waals surface area contributed by atoms with E-state index in [-0.39, 0.29) is 0 Å². The van der Waals surface area contributed by atoms with E-state index in [2.05, 4.69) is 35.6 Å². The molecule has 1 aromatic carbocycles. The Bertz CT molecular complexity index is 271. The number of benzene rings is 1. The minimum absolute atomic E-state index is 1.03. The average molecular weight is 290 g/mol. The summed E-state index contributed by atoms with van der Waals surface area (Å²) in [5.74, 6) is 1.03. The first-order valence-electron chi connectivity index (χ1n) is 4.61. The minimum Gasteiger partial charge on any atom is -0.496 e. The van der Waals surface area contributed by atoms with Gasteiger partial charge in [0.2, 0.25) is 0 Å². The summed E-state index contributed by atoms with van der Waals surface area (Å²) in [6.07, 6.45) is 3.59. The molecule has 0 spiro atoms. The summed E-state index contributed by atoms with van der Waals surface area (Å²) in [4.78, 5) is 0. The lowest BCUT2D eigenvalue weighted by molar-refractivity contribution is 0.408. The van der Waals surface area contributed by atoms with Gasteiger partial charge in [-0.1, -0.05) is 19.4 Å². The van der Waals surface area contributed by atoms with Gasteiger partial charge >= 0.3 is 0 Å². The van der Waals surface area contributed by atoms with Crippen molar-refractivity contribution in [2.24, 2.45) is 0 Å². The Morgan fingerprint density at radius 3 is 2.77 bits per heavy atom. The topological polar surface area (TPSA) is 9.23 Å². The molecule has 0 radical (unpaired) electrons. The van der Waals surface area contributed by atoms with Gasteiger partial charge in [0.05, 0.1) is 7.11 Å². The molecule has 0 bridgehead atoms. The SMILES string of the molecule is CCCCc1c(I)cccc1OC. The number of halogens is 1. The molecule has 0 atom stereocenters. The van der Waals surface area contributed by atoms with Crippen molar-refractivity contribution in [2.75, 3.05) is 7.11 Å². The smallest absolute Gasteiger partial charge is 0.123 e. The number of unbranched alkanes of at least 4 members (excludes halogenated alkanes) is 1. The summed E-state index contributed by atoms with van der Waals surface area (Å²) < 4.78 is 6.63. The second-order valence-corrected chi connectivity index (χ2v) is 4.19. The van der Waals surface area contributed by atoms with Gasteiger partial charge in [0.1, 0.15) is 5.75 Å². The third-order valence-electron chi connectivity index (χ3n) is 2.08. The molecule has 0 heterocycles. The number of hydrogen-bond acceptors (Lipinski definition) is 1. The fourth-order valence-electron chi connectivity index (χ4n) is 1.33. The lowest BCUT2D eigenvalue weighted by Crippen LogP contribution is -1.95. The van der Waals surface area contributed by atoms with E-state index in [0.29, 0.717) is 0 Å². The van der Waals surface area contributed by atoms with Crippen LogP contribution in [-0.4, -0.2) is 7.11 Å². The van der Waals surface area contributed by atoms with Crippen molar-refractivity contribution in [3.63, 3.8) is 0 Å². The molecule has 0 amide bonds. The van der Waals surface area contributed by atoms with Crippen LogP contribution >= 0.6 is 22.6 Å². The fraction of sp³-hybridized carbons (Fsp3) is 0.455. The highest BCUT2D eigenvalue weighted by molar-refractivity contribution is 14.1. The molecule has 2 heteroatoms. The molecule has 0 unspecified atom stereocenters. The summed E-state index contributed by atoms with van der Waals surface area (Å²) in [5.41, 5.74) is 1.35. The van der Waals surface area contributed by atoms with E-state index in [1.807, 2.05) is 12.1 Å². The molecule has 0 saturated carbocycles. The van der Waals surface area contributed by atoms with E-state index in [1.54, 1.807) is 7.11 Å². The molecule has 1 rings (SSSR count). The molecule has 1 aromatic rings. The largest absolute Gasteiger partial charge is 0.496 e. The van der Waals surface area contributed by atoms with E-state index in [4.69, 9.17) is 4.74 Å². The predicted octanol–water partition coefficient (Wildman–Crippen LogP) is 3.64. The molecular weight excluding hydrogens is 275 g/mol.